The molecule has 0 saturated heterocycles. The molecule has 7 nitrogen and oxygen atoms in total. The van der Waals surface area contributed by atoms with Crippen LogP contribution < -0.4 is 15.8 Å². The average Bonchev–Trinajstić information content (AvgIpc) is 2.61. The van der Waals surface area contributed by atoms with Gasteiger partial charge in [0.05, 0.1) is 13.5 Å². The Morgan fingerprint density at radius 3 is 2.20 bits per heavy atom. The number of esters is 1. The van der Waals surface area contributed by atoms with Crippen LogP contribution in [0.2, 0.25) is 0 Å². The maximum atomic E-state index is 11.8. The lowest BCUT2D eigenvalue weighted by Gasteiger charge is -2.07. The maximum absolute atomic E-state index is 11.8. The first kappa shape index (κ1) is 18.0. The van der Waals surface area contributed by atoms with Gasteiger partial charge in [0.15, 0.2) is 6.61 Å². The number of hydrogen-bond donors (Lipinski definition) is 2. The topological polar surface area (TPSA) is 108 Å². The first-order valence-corrected chi connectivity index (χ1v) is 7.46. The Kier molecular flexibility index (Phi) is 6.11. The molecule has 0 aliphatic rings. The van der Waals surface area contributed by atoms with E-state index in [4.69, 9.17) is 15.2 Å². The number of carbonyl (C=O) groups is 3. The van der Waals surface area contributed by atoms with Crippen molar-refractivity contribution in [2.24, 2.45) is 5.73 Å². The van der Waals surface area contributed by atoms with Crippen molar-refractivity contribution in [1.29, 1.82) is 0 Å². The molecule has 3 N–H and O–H groups in total. The van der Waals surface area contributed by atoms with Gasteiger partial charge in [-0.25, -0.2) is 0 Å². The summed E-state index contributed by atoms with van der Waals surface area (Å²) >= 11 is 0. The second-order valence-corrected chi connectivity index (χ2v) is 5.18. The van der Waals surface area contributed by atoms with E-state index < -0.39 is 24.4 Å². The maximum Gasteiger partial charge on any atom is 0.310 e. The number of nitrogens with one attached hydrogen (secondary N) is 1. The van der Waals surface area contributed by atoms with Gasteiger partial charge in [0.1, 0.15) is 5.75 Å². The first-order chi connectivity index (χ1) is 12.0. The van der Waals surface area contributed by atoms with Crippen LogP contribution in [0.5, 0.6) is 5.75 Å². The minimum Gasteiger partial charge on any atom is -0.497 e. The summed E-state index contributed by atoms with van der Waals surface area (Å²) < 4.78 is 9.98. The highest BCUT2D eigenvalue weighted by Crippen LogP contribution is 2.12. The molecular formula is C18H18N2O5. The number of amides is 2. The van der Waals surface area contributed by atoms with Crippen LogP contribution >= 0.6 is 0 Å². The Hall–Kier alpha value is -3.35. The molecule has 2 amide bonds. The lowest BCUT2D eigenvalue weighted by molar-refractivity contribution is -0.146. The predicted molar refractivity (Wildman–Crippen MR) is 91.2 cm³/mol. The number of hydrogen-bond acceptors (Lipinski definition) is 5. The van der Waals surface area contributed by atoms with E-state index in [9.17, 15) is 14.4 Å². The molecule has 2 rings (SSSR count). The Balaban J connectivity index is 1.78. The van der Waals surface area contributed by atoms with Crippen LogP contribution in [0, 0.1) is 0 Å². The third kappa shape index (κ3) is 5.65. The average molecular weight is 342 g/mol. The van der Waals surface area contributed by atoms with Gasteiger partial charge in [-0.05, 0) is 42.0 Å². The first-order valence-electron chi connectivity index (χ1n) is 7.46. The van der Waals surface area contributed by atoms with Gasteiger partial charge in [0, 0.05) is 11.3 Å². The molecule has 2 aromatic rings. The fraction of sp³-hybridized carbons (Fsp3) is 0.167. The Morgan fingerprint density at radius 2 is 1.64 bits per heavy atom. The van der Waals surface area contributed by atoms with Crippen LogP contribution in [-0.2, 0) is 20.7 Å². The molecule has 0 unspecified atom stereocenters. The normalized spacial score (nSPS) is 9.96. The summed E-state index contributed by atoms with van der Waals surface area (Å²) in [5.74, 6) is -0.844. The minimum atomic E-state index is -0.551. The van der Waals surface area contributed by atoms with Gasteiger partial charge in [-0.1, -0.05) is 12.1 Å². The number of methoxy groups -OCH3 is 1. The van der Waals surface area contributed by atoms with E-state index in [1.165, 1.54) is 24.3 Å². The van der Waals surface area contributed by atoms with E-state index in [-0.39, 0.29) is 6.42 Å². The molecule has 0 bridgehead atoms. The molecule has 0 aromatic heterocycles. The van der Waals surface area contributed by atoms with Gasteiger partial charge in [-0.2, -0.15) is 0 Å². The molecule has 0 aliphatic heterocycles. The van der Waals surface area contributed by atoms with Gasteiger partial charge in [-0.15, -0.1) is 0 Å². The highest BCUT2D eigenvalue weighted by atomic mass is 16.5. The fourth-order valence-corrected chi connectivity index (χ4v) is 2.02. The number of anilines is 1. The summed E-state index contributed by atoms with van der Waals surface area (Å²) in [6.45, 7) is -0.396. The van der Waals surface area contributed by atoms with Crippen LogP contribution in [0.25, 0.3) is 0 Å². The highest BCUT2D eigenvalue weighted by molar-refractivity contribution is 5.95. The highest BCUT2D eigenvalue weighted by Gasteiger charge is 2.09. The van der Waals surface area contributed by atoms with E-state index in [0.717, 1.165) is 5.56 Å². The zero-order valence-electron chi connectivity index (χ0n) is 13.7. The summed E-state index contributed by atoms with van der Waals surface area (Å²) in [5.41, 5.74) is 6.70. The Morgan fingerprint density at radius 1 is 1.00 bits per heavy atom. The number of ether oxygens (including phenoxy) is 2. The molecule has 7 heteroatoms. The number of nitrogens with two attached hydrogens (primary N) is 1. The monoisotopic (exact) mass is 342 g/mol. The van der Waals surface area contributed by atoms with Crippen molar-refractivity contribution < 1.29 is 23.9 Å². The zero-order chi connectivity index (χ0) is 18.2. The van der Waals surface area contributed by atoms with E-state index in [2.05, 4.69) is 5.32 Å². The summed E-state index contributed by atoms with van der Waals surface area (Å²) in [6.07, 6.45) is 0.0601. The second-order valence-electron chi connectivity index (χ2n) is 5.18. The predicted octanol–water partition coefficient (Wildman–Crippen LogP) is 1.52. The Bertz CT molecular complexity index is 754. The SMILES string of the molecule is COc1ccc(CC(=O)OCC(=O)Nc2ccc(C(N)=O)cc2)cc1. The molecule has 0 saturated carbocycles. The largest absolute Gasteiger partial charge is 0.497 e. The molecule has 0 radical (unpaired) electrons. The van der Waals surface area contributed by atoms with Crippen molar-refractivity contribution in [3.05, 3.63) is 59.7 Å². The van der Waals surface area contributed by atoms with Crippen molar-refractivity contribution >= 4 is 23.5 Å². The molecule has 0 aliphatic carbocycles. The molecule has 0 fully saturated rings. The van der Waals surface area contributed by atoms with Crippen molar-refractivity contribution in [3.63, 3.8) is 0 Å². The van der Waals surface area contributed by atoms with Crippen LogP contribution in [0.3, 0.4) is 0 Å². The van der Waals surface area contributed by atoms with E-state index in [1.807, 2.05) is 0 Å². The van der Waals surface area contributed by atoms with E-state index in [1.54, 1.807) is 31.4 Å². The van der Waals surface area contributed by atoms with Gasteiger partial charge in [0.25, 0.3) is 5.91 Å². The molecule has 0 heterocycles. The lowest BCUT2D eigenvalue weighted by atomic mass is 10.1. The van der Waals surface area contributed by atoms with Crippen LogP contribution in [0.1, 0.15) is 15.9 Å². The van der Waals surface area contributed by atoms with Crippen LogP contribution in [-0.4, -0.2) is 31.5 Å². The van der Waals surface area contributed by atoms with E-state index in [0.29, 0.717) is 17.0 Å². The quantitative estimate of drug-likeness (QED) is 0.742. The lowest BCUT2D eigenvalue weighted by Crippen LogP contribution is -2.21. The fourth-order valence-electron chi connectivity index (χ4n) is 2.02. The molecule has 130 valence electrons. The van der Waals surface area contributed by atoms with Crippen molar-refractivity contribution in [2.75, 3.05) is 19.0 Å². The van der Waals surface area contributed by atoms with Crippen LogP contribution in [0.15, 0.2) is 48.5 Å². The number of carbonyl (C=O) groups excluding carboxylic acids is 3. The number of primary amides is 1. The summed E-state index contributed by atoms with van der Waals surface area (Å²) in [5, 5.41) is 2.56. The summed E-state index contributed by atoms with van der Waals surface area (Å²) in [4.78, 5) is 34.5. The number of rotatable bonds is 7. The van der Waals surface area contributed by atoms with Crippen molar-refractivity contribution in [3.8, 4) is 5.75 Å². The second kappa shape index (κ2) is 8.49. The standard InChI is InChI=1S/C18H18N2O5/c1-24-15-8-2-12(3-9-15)10-17(22)25-11-16(21)20-14-6-4-13(5-7-14)18(19)23/h2-9H,10-11H2,1H3,(H2,19,23)(H,20,21). The summed E-state index contributed by atoms with van der Waals surface area (Å²) in [6, 6.07) is 13.0. The van der Waals surface area contributed by atoms with E-state index >= 15 is 0 Å². The molecule has 2 aromatic carbocycles. The molecular weight excluding hydrogens is 324 g/mol. The summed E-state index contributed by atoms with van der Waals surface area (Å²) in [7, 11) is 1.56. The van der Waals surface area contributed by atoms with Gasteiger partial charge in [-0.3, -0.25) is 14.4 Å². The molecule has 25 heavy (non-hydrogen) atoms. The molecule has 0 atom stereocenters. The van der Waals surface area contributed by atoms with Gasteiger partial charge >= 0.3 is 5.97 Å². The van der Waals surface area contributed by atoms with Crippen LogP contribution in [0.4, 0.5) is 5.69 Å². The smallest absolute Gasteiger partial charge is 0.310 e. The van der Waals surface area contributed by atoms with Crippen molar-refractivity contribution in [2.45, 2.75) is 6.42 Å². The van der Waals surface area contributed by atoms with Gasteiger partial charge in [0.2, 0.25) is 5.91 Å². The van der Waals surface area contributed by atoms with Crippen molar-refractivity contribution in [1.82, 2.24) is 0 Å². The third-order valence-electron chi connectivity index (χ3n) is 3.32. The Labute approximate surface area is 144 Å². The van der Waals surface area contributed by atoms with Gasteiger partial charge < -0.3 is 20.5 Å². The zero-order valence-corrected chi connectivity index (χ0v) is 13.7. The number of benzene rings is 2. The minimum absolute atomic E-state index is 0.0601. The third-order valence-corrected chi connectivity index (χ3v) is 3.32. The molecule has 0 spiro atoms.